The van der Waals surface area contributed by atoms with Crippen molar-refractivity contribution >= 4 is 31.7 Å². The molecule has 1 aliphatic rings. The summed E-state index contributed by atoms with van der Waals surface area (Å²) in [5, 5.41) is 21.7. The number of esters is 1. The van der Waals surface area contributed by atoms with Crippen molar-refractivity contribution < 1.29 is 38.1 Å². The summed E-state index contributed by atoms with van der Waals surface area (Å²) >= 11 is 5.14. The molecule has 14 heteroatoms. The van der Waals surface area contributed by atoms with Crippen LogP contribution in [0.5, 0.6) is 5.75 Å². The van der Waals surface area contributed by atoms with E-state index in [0.717, 1.165) is 5.96 Å². The van der Waals surface area contributed by atoms with Gasteiger partial charge < -0.3 is 24.2 Å². The van der Waals surface area contributed by atoms with E-state index in [1.165, 1.54) is 30.7 Å². The Balaban J connectivity index is 1.81. The Hall–Kier alpha value is -2.67. The molecule has 2 heterocycles. The Morgan fingerprint density at radius 2 is 2.00 bits per heavy atom. The lowest BCUT2D eigenvalue weighted by molar-refractivity contribution is -0.148. The Labute approximate surface area is 218 Å². The molecule has 2 aromatic rings. The fraction of sp³-hybridized carbons (Fsp3) is 0.478. The lowest BCUT2D eigenvalue weighted by atomic mass is 9.96. The zero-order valence-corrected chi connectivity index (χ0v) is 22.4. The van der Waals surface area contributed by atoms with Gasteiger partial charge in [-0.1, -0.05) is 18.2 Å². The molecule has 0 amide bonds. The number of nitrogens with one attached hydrogen (secondary N) is 1. The van der Waals surface area contributed by atoms with Gasteiger partial charge in [-0.2, -0.15) is 0 Å². The maximum absolute atomic E-state index is 13.6. The van der Waals surface area contributed by atoms with Crippen LogP contribution in [0.25, 0.3) is 0 Å². The van der Waals surface area contributed by atoms with Crippen LogP contribution in [0, 0.1) is 4.77 Å². The van der Waals surface area contributed by atoms with Gasteiger partial charge in [-0.05, 0) is 52.0 Å². The van der Waals surface area contributed by atoms with Gasteiger partial charge in [0.25, 0.3) is 5.56 Å². The van der Waals surface area contributed by atoms with Crippen molar-refractivity contribution in [3.63, 3.8) is 0 Å². The van der Waals surface area contributed by atoms with Gasteiger partial charge in [0, 0.05) is 12.3 Å². The molecular weight excluding hydrogens is 525 g/mol. The van der Waals surface area contributed by atoms with Crippen molar-refractivity contribution in [2.24, 2.45) is 4.99 Å². The Morgan fingerprint density at radius 1 is 1.32 bits per heavy atom. The van der Waals surface area contributed by atoms with Crippen LogP contribution >= 0.6 is 19.8 Å². The molecule has 0 aliphatic carbocycles. The van der Waals surface area contributed by atoms with E-state index in [1.807, 2.05) is 0 Å². The number of aliphatic hydroxyl groups excluding tert-OH is 1. The van der Waals surface area contributed by atoms with E-state index in [2.05, 4.69) is 9.98 Å². The largest absolute Gasteiger partial charge is 0.461 e. The zero-order valence-electron chi connectivity index (χ0n) is 20.7. The molecule has 1 fully saturated rings. The molecule has 1 aromatic heterocycles. The minimum Gasteiger partial charge on any atom is -0.461 e. The number of carbonyl (C=O) groups excluding carboxylic acids is 1. The highest BCUT2D eigenvalue weighted by atomic mass is 32.1. The fourth-order valence-electron chi connectivity index (χ4n) is 3.45. The normalized spacial score (nSPS) is 26.2. The Morgan fingerprint density at radius 3 is 2.62 bits per heavy atom. The first-order valence-electron chi connectivity index (χ1n) is 11.4. The summed E-state index contributed by atoms with van der Waals surface area (Å²) in [6, 6.07) is 8.38. The molecule has 0 spiro atoms. The number of aliphatic hydroxyl groups is 2. The number of aromatic amines is 1. The van der Waals surface area contributed by atoms with E-state index in [4.69, 9.17) is 30.7 Å². The maximum Gasteiger partial charge on any atom is 0.421 e. The zero-order chi connectivity index (χ0) is 27.4. The average molecular weight is 556 g/mol. The number of nitrogens with zero attached hydrogens (tertiary/aromatic N) is 2. The number of ether oxygens (including phenoxy) is 2. The number of rotatable bonds is 10. The molecule has 202 valence electrons. The van der Waals surface area contributed by atoms with Gasteiger partial charge in [0.15, 0.2) is 11.0 Å². The number of H-pyrrole nitrogens is 1. The minimum atomic E-state index is -4.14. The summed E-state index contributed by atoms with van der Waals surface area (Å²) in [5.74, 6) is 0.497. The van der Waals surface area contributed by atoms with Gasteiger partial charge in [0.2, 0.25) is 0 Å². The van der Waals surface area contributed by atoms with E-state index in [9.17, 15) is 24.4 Å². The van der Waals surface area contributed by atoms with Gasteiger partial charge in [0.05, 0.1) is 12.7 Å². The topological polar surface area (TPSA) is 162 Å². The van der Waals surface area contributed by atoms with E-state index in [0.29, 0.717) is 0 Å². The Kier molecular flexibility index (Phi) is 9.22. The van der Waals surface area contributed by atoms with Crippen LogP contribution < -0.4 is 10.1 Å². The molecule has 1 aromatic carbocycles. The first-order valence-corrected chi connectivity index (χ1v) is 13.5. The van der Waals surface area contributed by atoms with Gasteiger partial charge in [0.1, 0.15) is 35.6 Å². The van der Waals surface area contributed by atoms with Crippen molar-refractivity contribution in [2.45, 2.75) is 63.9 Å². The number of benzene rings is 1. The first-order chi connectivity index (χ1) is 17.3. The average Bonchev–Trinajstić information content (AvgIpc) is 3.05. The number of para-hydroxylation sites is 1. The second-order valence-corrected chi connectivity index (χ2v) is 11.0. The predicted octanol–water partition coefficient (Wildman–Crippen LogP) is 2.57. The molecule has 12 nitrogen and oxygen atoms in total. The van der Waals surface area contributed by atoms with Crippen molar-refractivity contribution in [1.82, 2.24) is 9.55 Å². The van der Waals surface area contributed by atoms with E-state index >= 15 is 0 Å². The molecule has 3 N–H and O–H groups in total. The second-order valence-electron chi connectivity index (χ2n) is 8.88. The summed E-state index contributed by atoms with van der Waals surface area (Å²) in [5.41, 5.74) is -2.29. The molecule has 0 saturated carbocycles. The third-order valence-corrected chi connectivity index (χ3v) is 7.08. The van der Waals surface area contributed by atoms with Crippen LogP contribution in [-0.4, -0.2) is 68.3 Å². The standard InChI is InChI=1S/C23H30N3O9PS/c1-14(2)33-20(29)15(3)24-13-36(31,35-16-8-6-5-7-9-16)32-12-17-19(28)23(4,30)21(34-17)26-11-10-18(27)25-22(26)37/h5-11,13-15,17,19,21,28,30H,12H2,1-4H3,(H,25,27,37)/t15-,17+,19?,21+,23?,36?/m0/s1. The van der Waals surface area contributed by atoms with Crippen LogP contribution in [0.1, 0.15) is 33.9 Å². The van der Waals surface area contributed by atoms with Crippen LogP contribution in [0.3, 0.4) is 0 Å². The lowest BCUT2D eigenvalue weighted by Crippen LogP contribution is -2.44. The Bertz CT molecular complexity index is 1280. The molecule has 1 aliphatic heterocycles. The van der Waals surface area contributed by atoms with E-state index in [1.54, 1.807) is 44.2 Å². The van der Waals surface area contributed by atoms with Crippen LogP contribution in [0.15, 0.2) is 52.4 Å². The highest BCUT2D eigenvalue weighted by Crippen LogP contribution is 2.47. The number of hydrogen-bond acceptors (Lipinski definition) is 11. The SMILES string of the molecule is CC(C)OC(=O)[C@H](C)N=CP(=O)(OC[C@H]1O[C@@H](n2ccc(=O)[nH]c2=S)C(C)(O)C1O)Oc1ccccc1. The summed E-state index contributed by atoms with van der Waals surface area (Å²) in [7, 11) is -4.14. The minimum absolute atomic E-state index is 0.0287. The second kappa shape index (κ2) is 11.8. The lowest BCUT2D eigenvalue weighted by Gasteiger charge is -2.28. The van der Waals surface area contributed by atoms with E-state index in [-0.39, 0.29) is 16.6 Å². The smallest absolute Gasteiger partial charge is 0.421 e. The molecular formula is C23H30N3O9PS. The molecule has 6 atom stereocenters. The van der Waals surface area contributed by atoms with Gasteiger partial charge in [-0.3, -0.25) is 23.9 Å². The van der Waals surface area contributed by atoms with Crippen LogP contribution in [-0.2, 0) is 23.4 Å². The van der Waals surface area contributed by atoms with Crippen molar-refractivity contribution in [1.29, 1.82) is 0 Å². The summed E-state index contributed by atoms with van der Waals surface area (Å²) < 4.78 is 36.9. The molecule has 0 bridgehead atoms. The number of aromatic nitrogens is 2. The molecule has 3 rings (SSSR count). The van der Waals surface area contributed by atoms with Crippen molar-refractivity contribution in [3.8, 4) is 5.75 Å². The van der Waals surface area contributed by atoms with Crippen LogP contribution in [0.2, 0.25) is 0 Å². The first kappa shape index (κ1) is 28.9. The monoisotopic (exact) mass is 555 g/mol. The maximum atomic E-state index is 13.6. The van der Waals surface area contributed by atoms with Crippen molar-refractivity contribution in [3.05, 3.63) is 57.7 Å². The number of carbonyl (C=O) groups is 1. The summed E-state index contributed by atoms with van der Waals surface area (Å²) in [6.45, 7) is 5.70. The van der Waals surface area contributed by atoms with Gasteiger partial charge in [-0.25, -0.2) is 9.36 Å². The third-order valence-electron chi connectivity index (χ3n) is 5.38. The molecule has 3 unspecified atom stereocenters. The quantitative estimate of drug-likeness (QED) is 0.172. The van der Waals surface area contributed by atoms with E-state index < -0.39 is 55.8 Å². The third kappa shape index (κ3) is 7.22. The summed E-state index contributed by atoms with van der Waals surface area (Å²) in [4.78, 5) is 30.0. The summed E-state index contributed by atoms with van der Waals surface area (Å²) in [6.07, 6.45) is -2.88. The van der Waals surface area contributed by atoms with Gasteiger partial charge in [-0.15, -0.1) is 0 Å². The van der Waals surface area contributed by atoms with Crippen molar-refractivity contribution in [2.75, 3.05) is 6.61 Å². The van der Waals surface area contributed by atoms with Crippen LogP contribution in [0.4, 0.5) is 0 Å². The molecule has 0 radical (unpaired) electrons. The predicted molar refractivity (Wildman–Crippen MR) is 136 cm³/mol. The fourth-order valence-corrected chi connectivity index (χ4v) is 5.01. The highest BCUT2D eigenvalue weighted by molar-refractivity contribution is 7.71. The molecule has 37 heavy (non-hydrogen) atoms. The number of aliphatic imine (C=N–C) groups is 1. The van der Waals surface area contributed by atoms with Gasteiger partial charge >= 0.3 is 13.6 Å². The molecule has 1 saturated heterocycles. The highest BCUT2D eigenvalue weighted by Gasteiger charge is 2.53. The number of hydrogen-bond donors (Lipinski definition) is 3.